The smallest absolute Gasteiger partial charge is 0.194 e. The monoisotopic (exact) mass is 209 g/mol. The van der Waals surface area contributed by atoms with E-state index in [0.29, 0.717) is 17.7 Å². The first kappa shape index (κ1) is 10.5. The molecule has 2 unspecified atom stereocenters. The molecule has 84 valence electrons. The lowest BCUT2D eigenvalue weighted by molar-refractivity contribution is 0.176. The first-order valence-corrected chi connectivity index (χ1v) is 5.64. The van der Waals surface area contributed by atoms with Gasteiger partial charge in [0.2, 0.25) is 0 Å². The van der Waals surface area contributed by atoms with Crippen LogP contribution in [0.5, 0.6) is 0 Å². The van der Waals surface area contributed by atoms with E-state index in [1.54, 1.807) is 0 Å². The van der Waals surface area contributed by atoms with Gasteiger partial charge in [-0.05, 0) is 24.7 Å². The highest BCUT2D eigenvalue weighted by Gasteiger charge is 2.38. The summed E-state index contributed by atoms with van der Waals surface area (Å²) in [5.41, 5.74) is 6.01. The molecule has 0 aliphatic heterocycles. The van der Waals surface area contributed by atoms with E-state index in [1.165, 1.54) is 6.42 Å². The summed E-state index contributed by atoms with van der Waals surface area (Å²) in [4.78, 5) is 0. The van der Waals surface area contributed by atoms with Crippen LogP contribution < -0.4 is 5.73 Å². The second kappa shape index (κ2) is 3.89. The minimum atomic E-state index is -0.361. The van der Waals surface area contributed by atoms with Gasteiger partial charge in [0.15, 0.2) is 5.82 Å². The van der Waals surface area contributed by atoms with Gasteiger partial charge in [-0.3, -0.25) is 0 Å². The molecule has 1 fully saturated rings. The van der Waals surface area contributed by atoms with Crippen molar-refractivity contribution in [2.24, 2.45) is 17.6 Å². The van der Waals surface area contributed by atoms with E-state index in [9.17, 15) is 0 Å². The highest BCUT2D eigenvalue weighted by atomic mass is 15.5. The Balaban J connectivity index is 2.15. The van der Waals surface area contributed by atoms with Crippen LogP contribution in [0.2, 0.25) is 0 Å². The van der Waals surface area contributed by atoms with Gasteiger partial charge >= 0.3 is 0 Å². The molecule has 1 aromatic rings. The molecule has 1 heterocycles. The number of aromatic nitrogens is 4. The predicted molar refractivity (Wildman–Crippen MR) is 56.8 cm³/mol. The average Bonchev–Trinajstić information content (AvgIpc) is 2.71. The molecule has 1 aromatic heterocycles. The van der Waals surface area contributed by atoms with Crippen LogP contribution in [-0.2, 0) is 5.54 Å². The van der Waals surface area contributed by atoms with Crippen LogP contribution in [0, 0.1) is 11.8 Å². The number of H-pyrrole nitrogens is 1. The SMILES string of the molecule is CC(C)C1CCCC(N)(c2nn[nH]n2)C1. The van der Waals surface area contributed by atoms with E-state index >= 15 is 0 Å². The van der Waals surface area contributed by atoms with Crippen LogP contribution in [-0.4, -0.2) is 20.6 Å². The lowest BCUT2D eigenvalue weighted by Gasteiger charge is -2.37. The van der Waals surface area contributed by atoms with Gasteiger partial charge in [0.05, 0.1) is 5.54 Å². The lowest BCUT2D eigenvalue weighted by Crippen LogP contribution is -2.43. The van der Waals surface area contributed by atoms with Crippen LogP contribution >= 0.6 is 0 Å². The second-order valence-corrected chi connectivity index (χ2v) is 4.99. The van der Waals surface area contributed by atoms with Gasteiger partial charge in [0.1, 0.15) is 0 Å². The maximum Gasteiger partial charge on any atom is 0.194 e. The lowest BCUT2D eigenvalue weighted by atomic mass is 9.72. The van der Waals surface area contributed by atoms with E-state index in [2.05, 4.69) is 34.5 Å². The van der Waals surface area contributed by atoms with Crippen LogP contribution in [0.1, 0.15) is 45.4 Å². The molecule has 5 heteroatoms. The van der Waals surface area contributed by atoms with Gasteiger partial charge in [-0.2, -0.15) is 5.21 Å². The summed E-state index contributed by atoms with van der Waals surface area (Å²) in [6.07, 6.45) is 4.38. The zero-order valence-corrected chi connectivity index (χ0v) is 9.40. The van der Waals surface area contributed by atoms with Crippen LogP contribution in [0.25, 0.3) is 0 Å². The molecule has 15 heavy (non-hydrogen) atoms. The Morgan fingerprint density at radius 3 is 2.93 bits per heavy atom. The molecule has 0 saturated heterocycles. The maximum atomic E-state index is 6.37. The van der Waals surface area contributed by atoms with Crippen molar-refractivity contribution in [1.82, 2.24) is 20.6 Å². The van der Waals surface area contributed by atoms with Gasteiger partial charge < -0.3 is 5.73 Å². The van der Waals surface area contributed by atoms with Gasteiger partial charge in [-0.25, -0.2) is 0 Å². The van der Waals surface area contributed by atoms with Crippen molar-refractivity contribution in [3.05, 3.63) is 5.82 Å². The third kappa shape index (κ3) is 2.02. The number of tetrazole rings is 1. The Morgan fingerprint density at radius 1 is 1.53 bits per heavy atom. The summed E-state index contributed by atoms with van der Waals surface area (Å²) in [5.74, 6) is 2.04. The average molecular weight is 209 g/mol. The van der Waals surface area contributed by atoms with Crippen LogP contribution in [0.4, 0.5) is 0 Å². The first-order chi connectivity index (χ1) is 7.12. The topological polar surface area (TPSA) is 80.5 Å². The Hall–Kier alpha value is -0.970. The summed E-state index contributed by atoms with van der Waals surface area (Å²) in [7, 11) is 0. The second-order valence-electron chi connectivity index (χ2n) is 4.99. The maximum absolute atomic E-state index is 6.37. The number of aromatic amines is 1. The third-order valence-electron chi connectivity index (χ3n) is 3.56. The van der Waals surface area contributed by atoms with Gasteiger partial charge in [-0.15, -0.1) is 10.2 Å². The van der Waals surface area contributed by atoms with Crippen LogP contribution in [0.15, 0.2) is 0 Å². The molecular weight excluding hydrogens is 190 g/mol. The van der Waals surface area contributed by atoms with Crippen molar-refractivity contribution in [1.29, 1.82) is 0 Å². The fourth-order valence-electron chi connectivity index (χ4n) is 2.50. The number of nitrogens with one attached hydrogen (secondary N) is 1. The van der Waals surface area contributed by atoms with Crippen molar-refractivity contribution < 1.29 is 0 Å². The minimum Gasteiger partial charge on any atom is -0.319 e. The predicted octanol–water partition coefficient (Wildman–Crippen LogP) is 1.20. The minimum absolute atomic E-state index is 0.361. The Bertz CT molecular complexity index is 308. The third-order valence-corrected chi connectivity index (χ3v) is 3.56. The summed E-state index contributed by atoms with van der Waals surface area (Å²) >= 11 is 0. The molecule has 2 atom stereocenters. The van der Waals surface area contributed by atoms with Crippen molar-refractivity contribution in [2.45, 2.75) is 45.1 Å². The molecule has 0 spiro atoms. The highest BCUT2D eigenvalue weighted by Crippen LogP contribution is 2.39. The molecular formula is C10H19N5. The van der Waals surface area contributed by atoms with E-state index in [4.69, 9.17) is 5.73 Å². The fraction of sp³-hybridized carbons (Fsp3) is 0.900. The van der Waals surface area contributed by atoms with E-state index in [-0.39, 0.29) is 5.54 Å². The number of rotatable bonds is 2. The van der Waals surface area contributed by atoms with Crippen molar-refractivity contribution in [3.8, 4) is 0 Å². The molecule has 0 radical (unpaired) electrons. The molecule has 3 N–H and O–H groups in total. The van der Waals surface area contributed by atoms with Crippen molar-refractivity contribution in [3.63, 3.8) is 0 Å². The van der Waals surface area contributed by atoms with Gasteiger partial charge in [-0.1, -0.05) is 31.9 Å². The van der Waals surface area contributed by atoms with Crippen LogP contribution in [0.3, 0.4) is 0 Å². The van der Waals surface area contributed by atoms with Gasteiger partial charge in [0, 0.05) is 0 Å². The fourth-order valence-corrected chi connectivity index (χ4v) is 2.50. The summed E-state index contributed by atoms with van der Waals surface area (Å²) in [5, 5.41) is 14.1. The quantitative estimate of drug-likeness (QED) is 0.767. The molecule has 2 rings (SSSR count). The van der Waals surface area contributed by atoms with E-state index in [0.717, 1.165) is 19.3 Å². The molecule has 5 nitrogen and oxygen atoms in total. The van der Waals surface area contributed by atoms with Crippen molar-refractivity contribution >= 4 is 0 Å². The summed E-state index contributed by atoms with van der Waals surface area (Å²) in [6.45, 7) is 4.51. The summed E-state index contributed by atoms with van der Waals surface area (Å²) in [6, 6.07) is 0. The highest BCUT2D eigenvalue weighted by molar-refractivity contribution is 5.04. The Labute approximate surface area is 89.8 Å². The van der Waals surface area contributed by atoms with E-state index < -0.39 is 0 Å². The molecule has 0 aromatic carbocycles. The normalized spacial score (nSPS) is 32.1. The number of hydrogen-bond donors (Lipinski definition) is 2. The Kier molecular flexibility index (Phi) is 2.73. The standard InChI is InChI=1S/C10H19N5/c1-7(2)8-4-3-5-10(11,6-8)9-12-14-15-13-9/h7-8H,3-6,11H2,1-2H3,(H,12,13,14,15). The van der Waals surface area contributed by atoms with Gasteiger partial charge in [0.25, 0.3) is 0 Å². The Morgan fingerprint density at radius 2 is 2.33 bits per heavy atom. The molecule has 1 saturated carbocycles. The molecule has 0 amide bonds. The molecule has 0 bridgehead atoms. The zero-order chi connectivity index (χ0) is 10.9. The number of hydrogen-bond acceptors (Lipinski definition) is 4. The summed E-state index contributed by atoms with van der Waals surface area (Å²) < 4.78 is 0. The largest absolute Gasteiger partial charge is 0.319 e. The molecule has 1 aliphatic carbocycles. The number of nitrogens with two attached hydrogens (primary N) is 1. The molecule has 1 aliphatic rings. The number of nitrogens with zero attached hydrogens (tertiary/aromatic N) is 3. The zero-order valence-electron chi connectivity index (χ0n) is 9.40. The van der Waals surface area contributed by atoms with Crippen molar-refractivity contribution in [2.75, 3.05) is 0 Å². The first-order valence-electron chi connectivity index (χ1n) is 5.64. The van der Waals surface area contributed by atoms with E-state index in [1.807, 2.05) is 0 Å².